The van der Waals surface area contributed by atoms with Gasteiger partial charge in [0.05, 0.1) is 50.4 Å². The first-order valence-corrected chi connectivity index (χ1v) is 29.9. The Bertz CT molecular complexity index is 4060. The van der Waals surface area contributed by atoms with Gasteiger partial charge in [-0.05, 0) is 72.9 Å². The van der Waals surface area contributed by atoms with Crippen LogP contribution in [-0.4, -0.2) is 74.5 Å². The van der Waals surface area contributed by atoms with Gasteiger partial charge in [0.2, 0.25) is 20.0 Å². The summed E-state index contributed by atoms with van der Waals surface area (Å²) in [5.74, 6) is 0.560. The van der Waals surface area contributed by atoms with Gasteiger partial charge in [-0.15, -0.1) is 0 Å². The highest BCUT2D eigenvalue weighted by atomic mass is 35.5. The highest BCUT2D eigenvalue weighted by Crippen LogP contribution is 2.51. The molecule has 5 heterocycles. The number of nitrogens with zero attached hydrogens (tertiary/aromatic N) is 4. The van der Waals surface area contributed by atoms with Crippen molar-refractivity contribution >= 4 is 122 Å². The summed E-state index contributed by atoms with van der Waals surface area (Å²) < 4.78 is 69.1. The second-order valence-corrected chi connectivity index (χ2v) is 23.6. The van der Waals surface area contributed by atoms with Crippen molar-refractivity contribution in [3.63, 3.8) is 0 Å². The third-order valence-corrected chi connectivity index (χ3v) is 16.7. The Hall–Kier alpha value is -7.38. The summed E-state index contributed by atoms with van der Waals surface area (Å²) >= 11 is 14.2. The number of ether oxygens (including phenoxy) is 2. The lowest BCUT2D eigenvalue weighted by molar-refractivity contribution is -0.116. The fraction of sp³-hybridized carbons (Fsp3) is 0.220. The Labute approximate surface area is 461 Å². The number of benzene rings is 5. The van der Waals surface area contributed by atoms with E-state index in [1.165, 1.54) is 0 Å². The normalized spacial score (nSPS) is 18.2. The van der Waals surface area contributed by atoms with Crippen molar-refractivity contribution in [2.45, 2.75) is 64.7 Å². The van der Waals surface area contributed by atoms with E-state index in [2.05, 4.69) is 44.5 Å². The number of halogens is 2. The number of hydrogen-bond donors (Lipinski definition) is 3. The van der Waals surface area contributed by atoms with Crippen molar-refractivity contribution in [2.75, 3.05) is 19.3 Å². The standard InChI is InChI=1S/C36H29Cl2N5O4S.C19H13NO2.C4H11NO2S/c1-3-17-39-48(44,45)18-43-24-12-8-6-10-20(24)28-26(43)16-14-22-34(28)47-36-30(38)31-35(29(37)32(36)41-22)46-33-21(40-31)13-15-25-27(33)19-9-5-7-11-23(19)42(25)4-2;21-15-11-14(12-7-3-1-4-8-12)16-17(15)18(20-19(16)22)13-9-5-2-6-10-13;1-3-4-5-8(2,6)7/h5-16,34-35,39H,3-4,17-18H2,1-2H3;1-10H,11H2,(H,20,22);5H,3-4H2,1-2H3. The Morgan fingerprint density at radius 2 is 1.33 bits per heavy atom. The van der Waals surface area contributed by atoms with E-state index in [1.54, 1.807) is 4.57 Å². The molecule has 78 heavy (non-hydrogen) atoms. The summed E-state index contributed by atoms with van der Waals surface area (Å²) in [6.45, 7) is 7.68. The maximum atomic E-state index is 13.0. The fourth-order valence-corrected chi connectivity index (χ4v) is 13.0. The van der Waals surface area contributed by atoms with Gasteiger partial charge in [0.25, 0.3) is 5.91 Å². The van der Waals surface area contributed by atoms with E-state index >= 15 is 0 Å². The lowest BCUT2D eigenvalue weighted by Gasteiger charge is -2.35. The molecule has 0 saturated carbocycles. The summed E-state index contributed by atoms with van der Waals surface area (Å²) in [7, 11) is -6.53. The number of Topliss-reactive ketones (excluding diaryl/α,β-unsaturated/α-hetero) is 1. The number of amides is 1. The quantitative estimate of drug-likeness (QED) is 0.114. The molecule has 0 bridgehead atoms. The number of aliphatic imine (C=N–C) groups is 2. The maximum absolute atomic E-state index is 13.0. The predicted molar refractivity (Wildman–Crippen MR) is 309 cm³/mol. The molecule has 2 aromatic heterocycles. The van der Waals surface area contributed by atoms with Gasteiger partial charge in [-0.1, -0.05) is 134 Å². The molecule has 3 aliphatic carbocycles. The lowest BCUT2D eigenvalue weighted by Crippen LogP contribution is -2.37. The number of allylic oxidation sites excluding steroid dienone is 1. The van der Waals surface area contributed by atoms with Crippen molar-refractivity contribution in [2.24, 2.45) is 9.98 Å². The molecular weight excluding hydrogens is 1070 g/mol. The molecule has 5 aromatic carbocycles. The number of aryl methyl sites for hydroxylation is 1. The number of carbonyl (C=O) groups is 2. The molecule has 2 atom stereocenters. The van der Waals surface area contributed by atoms with Crippen LogP contribution < -0.4 is 19.5 Å². The number of rotatable bonds is 11. The molecule has 0 spiro atoms. The van der Waals surface area contributed by atoms with E-state index in [9.17, 15) is 26.4 Å². The van der Waals surface area contributed by atoms with Gasteiger partial charge in [-0.3, -0.25) is 9.59 Å². The molecule has 0 radical (unpaired) electrons. The van der Waals surface area contributed by atoms with Gasteiger partial charge in [-0.2, -0.15) is 0 Å². The van der Waals surface area contributed by atoms with Crippen LogP contribution in [0.15, 0.2) is 170 Å². The van der Waals surface area contributed by atoms with Gasteiger partial charge in [0, 0.05) is 53.4 Å². The first-order chi connectivity index (χ1) is 37.6. The minimum Gasteiger partial charge on any atom is -0.475 e. The van der Waals surface area contributed by atoms with Gasteiger partial charge in [0.1, 0.15) is 28.0 Å². The highest BCUT2D eigenvalue weighted by Gasteiger charge is 2.45. The van der Waals surface area contributed by atoms with E-state index in [0.29, 0.717) is 82.1 Å². The minimum absolute atomic E-state index is 0.00561. The second-order valence-electron chi connectivity index (χ2n) is 19.2. The summed E-state index contributed by atoms with van der Waals surface area (Å²) in [6.07, 6.45) is 5.30. The molecule has 15 nitrogen and oxygen atoms in total. The predicted octanol–water partition coefficient (Wildman–Crippen LogP) is 10.9. The summed E-state index contributed by atoms with van der Waals surface area (Å²) in [5.41, 5.74) is 11.0. The van der Waals surface area contributed by atoms with Crippen LogP contribution in [0, 0.1) is 0 Å². The smallest absolute Gasteiger partial charge is 0.256 e. The average molecular weight is 1120 g/mol. The Balaban J connectivity index is 0.000000177. The van der Waals surface area contributed by atoms with E-state index in [1.807, 2.05) is 129 Å². The Morgan fingerprint density at radius 1 is 0.692 bits per heavy atom. The molecule has 1 amide bonds. The largest absolute Gasteiger partial charge is 0.475 e. The van der Waals surface area contributed by atoms with E-state index in [0.717, 1.165) is 79.9 Å². The van der Waals surface area contributed by atoms with Gasteiger partial charge < -0.3 is 23.9 Å². The molecule has 0 saturated heterocycles. The molecule has 7 aromatic rings. The van der Waals surface area contributed by atoms with Crippen molar-refractivity contribution < 1.29 is 35.9 Å². The van der Waals surface area contributed by atoms with Gasteiger partial charge in [-0.25, -0.2) is 36.3 Å². The Kier molecular flexibility index (Phi) is 14.3. The third kappa shape index (κ3) is 9.51. The summed E-state index contributed by atoms with van der Waals surface area (Å²) in [4.78, 5) is 34.9. The fourth-order valence-electron chi connectivity index (χ4n) is 10.7. The monoisotopic (exact) mass is 1120 g/mol. The number of fused-ring (bicyclic) bond motifs is 13. The van der Waals surface area contributed by atoms with E-state index in [4.69, 9.17) is 42.7 Å². The van der Waals surface area contributed by atoms with Crippen LogP contribution in [0.2, 0.25) is 0 Å². The first-order valence-electron chi connectivity index (χ1n) is 25.6. The second kappa shape index (κ2) is 21.1. The maximum Gasteiger partial charge on any atom is 0.256 e. The van der Waals surface area contributed by atoms with Gasteiger partial charge in [0.15, 0.2) is 29.5 Å². The van der Waals surface area contributed by atoms with Crippen molar-refractivity contribution in [1.82, 2.24) is 23.9 Å². The molecule has 2 unspecified atom stereocenters. The number of para-hydroxylation sites is 2. The number of aromatic nitrogens is 2. The summed E-state index contributed by atoms with van der Waals surface area (Å²) in [6, 6.07) is 39.1. The van der Waals surface area contributed by atoms with Crippen molar-refractivity contribution in [1.29, 1.82) is 0 Å². The zero-order valence-electron chi connectivity index (χ0n) is 42.9. The van der Waals surface area contributed by atoms with Crippen molar-refractivity contribution in [3.05, 3.63) is 182 Å². The van der Waals surface area contributed by atoms with E-state index < -0.39 is 32.3 Å². The Morgan fingerprint density at radius 3 is 2.00 bits per heavy atom. The number of ketones is 1. The topological polar surface area (TPSA) is 192 Å². The molecule has 398 valence electrons. The van der Waals surface area contributed by atoms with Crippen LogP contribution in [0.1, 0.15) is 68.5 Å². The summed E-state index contributed by atoms with van der Waals surface area (Å²) in [5, 5.41) is 6.39. The molecule has 3 aliphatic heterocycles. The molecular formula is C59H53Cl2N7O8S2. The SMILES string of the molecule is CCCNS(=O)(=O)Cn1c2c(c3ccccc31)C1OC3=C(Cl)C4=Nc5ccc6c(c5OC4C(Cl)=C3N=C1C=C2)c1ccccc1n6CC.CCCNS(C)(=O)=O.O=C1CC(c2ccccc2)=C2C(=O)NC(c3ccccc3)=C12. The van der Waals surface area contributed by atoms with Crippen LogP contribution in [0.4, 0.5) is 5.69 Å². The molecule has 3 N–H and O–H groups in total. The van der Waals surface area contributed by atoms with Crippen LogP contribution in [0.5, 0.6) is 5.75 Å². The molecule has 13 rings (SSSR count). The molecule has 0 fully saturated rings. The minimum atomic E-state index is -3.60. The van der Waals surface area contributed by atoms with Crippen molar-refractivity contribution in [3.8, 4) is 5.75 Å². The average Bonchev–Trinajstić information content (AvgIpc) is 4.37. The number of carbonyl (C=O) groups excluding carboxylic acids is 2. The van der Waals surface area contributed by atoms with Gasteiger partial charge >= 0.3 is 0 Å². The molecule has 6 aliphatic rings. The van der Waals surface area contributed by atoms with Crippen LogP contribution >= 0.6 is 23.2 Å². The number of hydrogen-bond acceptors (Lipinski definition) is 10. The molecule has 19 heteroatoms. The van der Waals surface area contributed by atoms with E-state index in [-0.39, 0.29) is 22.6 Å². The van der Waals surface area contributed by atoms with Crippen LogP contribution in [0.3, 0.4) is 0 Å². The first kappa shape index (κ1) is 52.7. The zero-order chi connectivity index (χ0) is 54.6. The third-order valence-electron chi connectivity index (χ3n) is 14.0. The zero-order valence-corrected chi connectivity index (χ0v) is 46.1. The highest BCUT2D eigenvalue weighted by molar-refractivity contribution is 7.88. The number of nitrogens with one attached hydrogen (secondary N) is 3. The van der Waals surface area contributed by atoms with Crippen LogP contribution in [0.25, 0.3) is 50.1 Å². The lowest BCUT2D eigenvalue weighted by atomic mass is 9.93. The van der Waals surface area contributed by atoms with Crippen LogP contribution in [-0.2, 0) is 46.8 Å². The number of sulfonamides is 2.